The van der Waals surface area contributed by atoms with Crippen molar-refractivity contribution in [3.8, 4) is 0 Å². The normalized spacial score (nSPS) is 17.2. The molecule has 132 valence electrons. The minimum absolute atomic E-state index is 0.0255. The average Bonchev–Trinajstić information content (AvgIpc) is 2.66. The number of nitrogens with one attached hydrogen (secondary N) is 2. The molecule has 2 aromatic rings. The molecule has 0 spiro atoms. The van der Waals surface area contributed by atoms with Gasteiger partial charge in [-0.2, -0.15) is 0 Å². The van der Waals surface area contributed by atoms with Crippen molar-refractivity contribution in [3.63, 3.8) is 0 Å². The first-order valence-corrected chi connectivity index (χ1v) is 9.37. The van der Waals surface area contributed by atoms with Crippen LogP contribution in [0.1, 0.15) is 52.2 Å². The standard InChI is InChI=1S/C22H28N2O/c1-17-5-2-6-18(15-17)7-3-14-24-22(25)20-11-9-19(10-12-20)21-8-4-13-23-16-21/h2,5-6,9-12,15,21,23H,3-4,7-8,13-14,16H2,1H3,(H,24,25)/t21-/m0/s1. The van der Waals surface area contributed by atoms with Gasteiger partial charge in [0.15, 0.2) is 0 Å². The van der Waals surface area contributed by atoms with E-state index in [9.17, 15) is 4.79 Å². The summed E-state index contributed by atoms with van der Waals surface area (Å²) in [6.07, 6.45) is 4.42. The summed E-state index contributed by atoms with van der Waals surface area (Å²) in [5.41, 5.74) is 4.71. The highest BCUT2D eigenvalue weighted by Crippen LogP contribution is 2.23. The van der Waals surface area contributed by atoms with Crippen LogP contribution < -0.4 is 10.6 Å². The fraction of sp³-hybridized carbons (Fsp3) is 0.409. The second kappa shape index (κ2) is 8.82. The van der Waals surface area contributed by atoms with E-state index in [1.807, 2.05) is 12.1 Å². The third kappa shape index (κ3) is 5.17. The maximum Gasteiger partial charge on any atom is 0.251 e. The van der Waals surface area contributed by atoms with E-state index in [-0.39, 0.29) is 5.91 Å². The van der Waals surface area contributed by atoms with Crippen LogP contribution in [0.25, 0.3) is 0 Å². The predicted octanol–water partition coefficient (Wildman–Crippen LogP) is 3.82. The van der Waals surface area contributed by atoms with Gasteiger partial charge >= 0.3 is 0 Å². The van der Waals surface area contributed by atoms with E-state index in [0.717, 1.165) is 31.5 Å². The van der Waals surface area contributed by atoms with Gasteiger partial charge in [-0.05, 0) is 68.3 Å². The van der Waals surface area contributed by atoms with E-state index >= 15 is 0 Å². The van der Waals surface area contributed by atoms with Gasteiger partial charge in [-0.15, -0.1) is 0 Å². The lowest BCUT2D eigenvalue weighted by Gasteiger charge is -2.23. The fourth-order valence-corrected chi connectivity index (χ4v) is 3.51. The highest BCUT2D eigenvalue weighted by atomic mass is 16.1. The maximum atomic E-state index is 12.3. The van der Waals surface area contributed by atoms with Crippen LogP contribution in [-0.2, 0) is 6.42 Å². The summed E-state index contributed by atoms with van der Waals surface area (Å²) in [5, 5.41) is 6.47. The van der Waals surface area contributed by atoms with Gasteiger partial charge in [0, 0.05) is 18.7 Å². The molecule has 1 saturated heterocycles. The zero-order chi connectivity index (χ0) is 17.5. The SMILES string of the molecule is Cc1cccc(CCCNC(=O)c2ccc([C@H]3CCCNC3)cc2)c1. The molecule has 3 rings (SSSR count). The number of carbonyl (C=O) groups excluding carboxylic acids is 1. The van der Waals surface area contributed by atoms with E-state index in [4.69, 9.17) is 0 Å². The first-order chi connectivity index (χ1) is 12.2. The van der Waals surface area contributed by atoms with Gasteiger partial charge in [-0.1, -0.05) is 42.0 Å². The van der Waals surface area contributed by atoms with Crippen LogP contribution in [0, 0.1) is 6.92 Å². The number of rotatable bonds is 6. The van der Waals surface area contributed by atoms with Crippen LogP contribution in [0.2, 0.25) is 0 Å². The van der Waals surface area contributed by atoms with E-state index in [0.29, 0.717) is 12.5 Å². The van der Waals surface area contributed by atoms with Crippen LogP contribution in [0.4, 0.5) is 0 Å². The van der Waals surface area contributed by atoms with Crippen molar-refractivity contribution in [2.24, 2.45) is 0 Å². The predicted molar refractivity (Wildman–Crippen MR) is 103 cm³/mol. The molecule has 1 heterocycles. The first-order valence-electron chi connectivity index (χ1n) is 9.37. The Morgan fingerprint density at radius 2 is 2.04 bits per heavy atom. The third-order valence-electron chi connectivity index (χ3n) is 4.95. The quantitative estimate of drug-likeness (QED) is 0.787. The van der Waals surface area contributed by atoms with Crippen LogP contribution in [0.15, 0.2) is 48.5 Å². The Labute approximate surface area is 150 Å². The van der Waals surface area contributed by atoms with E-state index in [1.165, 1.54) is 29.5 Å². The van der Waals surface area contributed by atoms with Crippen molar-refractivity contribution in [1.29, 1.82) is 0 Å². The number of amides is 1. The van der Waals surface area contributed by atoms with Crippen molar-refractivity contribution in [3.05, 3.63) is 70.8 Å². The lowest BCUT2D eigenvalue weighted by atomic mass is 9.91. The summed E-state index contributed by atoms with van der Waals surface area (Å²) >= 11 is 0. The lowest BCUT2D eigenvalue weighted by Crippen LogP contribution is -2.28. The smallest absolute Gasteiger partial charge is 0.251 e. The molecule has 1 fully saturated rings. The van der Waals surface area contributed by atoms with E-state index in [1.54, 1.807) is 0 Å². The van der Waals surface area contributed by atoms with Crippen molar-refractivity contribution >= 4 is 5.91 Å². The molecule has 1 amide bonds. The molecule has 0 aromatic heterocycles. The number of piperidine rings is 1. The summed E-state index contributed by atoms with van der Waals surface area (Å²) in [6, 6.07) is 16.7. The van der Waals surface area contributed by atoms with Crippen LogP contribution >= 0.6 is 0 Å². The van der Waals surface area contributed by atoms with Gasteiger partial charge in [0.2, 0.25) is 0 Å². The largest absolute Gasteiger partial charge is 0.352 e. The zero-order valence-electron chi connectivity index (χ0n) is 15.1. The van der Waals surface area contributed by atoms with E-state index < -0.39 is 0 Å². The number of aryl methyl sites for hydroxylation is 2. The molecule has 0 radical (unpaired) electrons. The summed E-state index contributed by atoms with van der Waals surface area (Å²) in [5.74, 6) is 0.609. The number of carbonyl (C=O) groups is 1. The molecule has 0 aliphatic carbocycles. The van der Waals surface area contributed by atoms with Gasteiger partial charge in [-0.25, -0.2) is 0 Å². The highest BCUT2D eigenvalue weighted by molar-refractivity contribution is 5.94. The van der Waals surface area contributed by atoms with Gasteiger partial charge in [0.25, 0.3) is 5.91 Å². The molecule has 0 saturated carbocycles. The number of hydrogen-bond acceptors (Lipinski definition) is 2. The molecule has 1 aliphatic rings. The van der Waals surface area contributed by atoms with Gasteiger partial charge < -0.3 is 10.6 Å². The van der Waals surface area contributed by atoms with Gasteiger partial charge in [0.05, 0.1) is 0 Å². The minimum atomic E-state index is 0.0255. The summed E-state index contributed by atoms with van der Waals surface area (Å²) in [6.45, 7) is 4.99. The summed E-state index contributed by atoms with van der Waals surface area (Å²) < 4.78 is 0. The molecule has 1 atom stereocenters. The molecule has 3 nitrogen and oxygen atoms in total. The summed E-state index contributed by atoms with van der Waals surface area (Å²) in [7, 11) is 0. The van der Waals surface area contributed by atoms with Crippen molar-refractivity contribution < 1.29 is 4.79 Å². The maximum absolute atomic E-state index is 12.3. The monoisotopic (exact) mass is 336 g/mol. The van der Waals surface area contributed by atoms with Crippen molar-refractivity contribution in [2.45, 2.75) is 38.5 Å². The zero-order valence-corrected chi connectivity index (χ0v) is 15.1. The Bertz CT molecular complexity index is 687. The molecule has 0 unspecified atom stereocenters. The second-order valence-electron chi connectivity index (χ2n) is 7.01. The Balaban J connectivity index is 1.44. The Morgan fingerprint density at radius 1 is 1.20 bits per heavy atom. The highest BCUT2D eigenvalue weighted by Gasteiger charge is 2.15. The number of benzene rings is 2. The van der Waals surface area contributed by atoms with Gasteiger partial charge in [-0.3, -0.25) is 4.79 Å². The topological polar surface area (TPSA) is 41.1 Å². The molecular formula is C22H28N2O. The molecule has 0 bridgehead atoms. The Morgan fingerprint density at radius 3 is 2.76 bits per heavy atom. The molecule has 2 N–H and O–H groups in total. The van der Waals surface area contributed by atoms with E-state index in [2.05, 4.69) is 54.0 Å². The molecular weight excluding hydrogens is 308 g/mol. The first kappa shape index (κ1) is 17.7. The van der Waals surface area contributed by atoms with Gasteiger partial charge in [0.1, 0.15) is 0 Å². The Kier molecular flexibility index (Phi) is 6.24. The molecule has 25 heavy (non-hydrogen) atoms. The minimum Gasteiger partial charge on any atom is -0.352 e. The lowest BCUT2D eigenvalue weighted by molar-refractivity contribution is 0.0953. The molecule has 2 aromatic carbocycles. The summed E-state index contributed by atoms with van der Waals surface area (Å²) in [4.78, 5) is 12.3. The Hall–Kier alpha value is -2.13. The average molecular weight is 336 g/mol. The number of hydrogen-bond donors (Lipinski definition) is 2. The van der Waals surface area contributed by atoms with Crippen LogP contribution in [0.3, 0.4) is 0 Å². The third-order valence-corrected chi connectivity index (χ3v) is 4.95. The van der Waals surface area contributed by atoms with Crippen molar-refractivity contribution in [2.75, 3.05) is 19.6 Å². The molecule has 3 heteroatoms. The van der Waals surface area contributed by atoms with Crippen molar-refractivity contribution in [1.82, 2.24) is 10.6 Å². The van der Waals surface area contributed by atoms with Crippen LogP contribution in [-0.4, -0.2) is 25.5 Å². The fourth-order valence-electron chi connectivity index (χ4n) is 3.51. The second-order valence-corrected chi connectivity index (χ2v) is 7.01. The van der Waals surface area contributed by atoms with Crippen LogP contribution in [0.5, 0.6) is 0 Å². The molecule has 1 aliphatic heterocycles.